The first-order valence-corrected chi connectivity index (χ1v) is 7.03. The summed E-state index contributed by atoms with van der Waals surface area (Å²) < 4.78 is 4.94. The first-order chi connectivity index (χ1) is 9.82. The van der Waals surface area contributed by atoms with Crippen molar-refractivity contribution in [2.45, 2.75) is 52.7 Å². The second kappa shape index (κ2) is 10.9. The van der Waals surface area contributed by atoms with E-state index in [1.54, 1.807) is 32.8 Å². The van der Waals surface area contributed by atoms with Crippen LogP contribution in [-0.4, -0.2) is 41.9 Å². The van der Waals surface area contributed by atoms with Crippen molar-refractivity contribution in [1.82, 2.24) is 5.01 Å². The van der Waals surface area contributed by atoms with Crippen LogP contribution in [0.1, 0.15) is 46.5 Å². The number of hydrogen-bond donors (Lipinski definition) is 1. The van der Waals surface area contributed by atoms with Crippen LogP contribution in [0.15, 0.2) is 10.5 Å². The topological polar surface area (TPSA) is 101 Å². The van der Waals surface area contributed by atoms with Gasteiger partial charge in [-0.2, -0.15) is 0 Å². The highest BCUT2D eigenvalue weighted by Crippen LogP contribution is 2.04. The van der Waals surface area contributed by atoms with Crippen LogP contribution in [0.25, 0.3) is 0 Å². The zero-order valence-corrected chi connectivity index (χ0v) is 13.1. The molecule has 0 saturated heterocycles. The predicted octanol–water partition coefficient (Wildman–Crippen LogP) is 2.41. The molecule has 0 amide bonds. The average Bonchev–Trinajstić information content (AvgIpc) is 2.37. The molecule has 0 heterocycles. The van der Waals surface area contributed by atoms with Gasteiger partial charge in [-0.1, -0.05) is 20.3 Å². The lowest BCUT2D eigenvalue weighted by Crippen LogP contribution is -2.20. The summed E-state index contributed by atoms with van der Waals surface area (Å²) in [4.78, 5) is 26.5. The molecule has 0 aromatic heterocycles. The van der Waals surface area contributed by atoms with Gasteiger partial charge in [-0.15, -0.1) is 0 Å². The van der Waals surface area contributed by atoms with Gasteiger partial charge in [0, 0.05) is 32.2 Å². The molecule has 0 aliphatic carbocycles. The first kappa shape index (κ1) is 19.1. The lowest BCUT2D eigenvalue weighted by atomic mass is 10.2. The van der Waals surface area contributed by atoms with Crippen LogP contribution in [0.3, 0.4) is 0 Å². The fourth-order valence-electron chi connectivity index (χ4n) is 1.31. The van der Waals surface area contributed by atoms with Crippen LogP contribution in [0.5, 0.6) is 0 Å². The molecule has 122 valence electrons. The Morgan fingerprint density at radius 2 is 1.86 bits per heavy atom. The predicted molar refractivity (Wildman–Crippen MR) is 75.1 cm³/mol. The Morgan fingerprint density at radius 1 is 1.19 bits per heavy atom. The number of ether oxygens (including phenoxy) is 1. The normalized spacial score (nSPS) is 12.4. The summed E-state index contributed by atoms with van der Waals surface area (Å²) in [5.41, 5.74) is 0. The number of nitrogens with zero attached hydrogens (tertiary/aromatic N) is 3. The highest BCUT2D eigenvalue weighted by molar-refractivity contribution is 5.71. The van der Waals surface area contributed by atoms with Crippen LogP contribution in [0.4, 0.5) is 0 Å². The summed E-state index contributed by atoms with van der Waals surface area (Å²) >= 11 is 0. The molecule has 1 atom stereocenters. The summed E-state index contributed by atoms with van der Waals surface area (Å²) in [6.45, 7) is 5.67. The van der Waals surface area contributed by atoms with Crippen LogP contribution in [-0.2, 0) is 19.2 Å². The summed E-state index contributed by atoms with van der Waals surface area (Å²) in [7, 11) is 1.73. The number of carbonyl (C=O) groups is 2. The van der Waals surface area contributed by atoms with Gasteiger partial charge in [0.2, 0.25) is 0 Å². The fourth-order valence-corrected chi connectivity index (χ4v) is 1.31. The van der Waals surface area contributed by atoms with Crippen molar-refractivity contribution < 1.29 is 24.3 Å². The molecule has 8 heteroatoms. The zero-order valence-electron chi connectivity index (χ0n) is 13.1. The second-order valence-corrected chi connectivity index (χ2v) is 5.02. The lowest BCUT2D eigenvalue weighted by molar-refractivity contribution is -0.181. The monoisotopic (exact) mass is 303 g/mol. The Labute approximate surface area is 125 Å². The van der Waals surface area contributed by atoms with Crippen molar-refractivity contribution in [3.05, 3.63) is 0 Å². The smallest absolute Gasteiger partial charge is 0.311 e. The van der Waals surface area contributed by atoms with Crippen molar-refractivity contribution in [2.75, 3.05) is 13.6 Å². The van der Waals surface area contributed by atoms with E-state index in [0.29, 0.717) is 13.0 Å². The van der Waals surface area contributed by atoms with Gasteiger partial charge in [-0.3, -0.25) is 14.6 Å². The van der Waals surface area contributed by atoms with E-state index in [0.717, 1.165) is 12.8 Å². The second-order valence-electron chi connectivity index (χ2n) is 5.02. The maximum absolute atomic E-state index is 11.3. The third kappa shape index (κ3) is 11.6. The maximum Gasteiger partial charge on any atom is 0.311 e. The Morgan fingerprint density at radius 3 is 2.43 bits per heavy atom. The van der Waals surface area contributed by atoms with E-state index in [9.17, 15) is 9.59 Å². The SMILES string of the molecule is CC(O/N=N\N(C)CCCCCC(=O)O)OC(=O)C(C)C. The Bertz CT molecular complexity index is 347. The van der Waals surface area contributed by atoms with E-state index in [1.807, 2.05) is 0 Å². The molecule has 1 N–H and O–H groups in total. The largest absolute Gasteiger partial charge is 0.481 e. The fraction of sp³-hybridized carbons (Fsp3) is 0.846. The Balaban J connectivity index is 3.72. The number of carboxylic acids is 1. The van der Waals surface area contributed by atoms with E-state index in [1.165, 1.54) is 0 Å². The van der Waals surface area contributed by atoms with Gasteiger partial charge in [0.05, 0.1) is 5.92 Å². The maximum atomic E-state index is 11.3. The molecule has 0 fully saturated rings. The molecule has 21 heavy (non-hydrogen) atoms. The molecule has 1 unspecified atom stereocenters. The minimum atomic E-state index is -0.785. The van der Waals surface area contributed by atoms with Crippen molar-refractivity contribution in [1.29, 1.82) is 0 Å². The van der Waals surface area contributed by atoms with E-state index in [2.05, 4.69) is 10.5 Å². The number of esters is 1. The molecule has 8 nitrogen and oxygen atoms in total. The number of hydrogen-bond acceptors (Lipinski definition) is 6. The van der Waals surface area contributed by atoms with Crippen LogP contribution in [0, 0.1) is 5.92 Å². The van der Waals surface area contributed by atoms with E-state index < -0.39 is 12.3 Å². The highest BCUT2D eigenvalue weighted by atomic mass is 16.8. The van der Waals surface area contributed by atoms with E-state index >= 15 is 0 Å². The van der Waals surface area contributed by atoms with Crippen LogP contribution in [0.2, 0.25) is 0 Å². The Hall–Kier alpha value is -1.86. The molecule has 0 rings (SSSR count). The van der Waals surface area contributed by atoms with Gasteiger partial charge in [-0.05, 0) is 18.1 Å². The number of carbonyl (C=O) groups excluding carboxylic acids is 1. The van der Waals surface area contributed by atoms with Gasteiger partial charge in [0.1, 0.15) is 0 Å². The standard InChI is InChI=1S/C13H25N3O5/c1-10(2)13(19)20-11(3)21-15-14-16(4)9-7-5-6-8-12(17)18/h10-11H,5-9H2,1-4H3,(H,17,18)/b15-14-. The van der Waals surface area contributed by atoms with Crippen molar-refractivity contribution in [3.63, 3.8) is 0 Å². The molecule has 0 spiro atoms. The summed E-state index contributed by atoms with van der Waals surface area (Å²) in [6, 6.07) is 0. The molecule has 0 radical (unpaired) electrons. The molecule has 0 bridgehead atoms. The van der Waals surface area contributed by atoms with Crippen LogP contribution < -0.4 is 0 Å². The molecular formula is C13H25N3O5. The summed E-state index contributed by atoms with van der Waals surface area (Å²) in [5, 5.41) is 17.3. The number of carboxylic acid groups (broad SMARTS) is 1. The van der Waals surface area contributed by atoms with Gasteiger partial charge in [-0.25, -0.2) is 0 Å². The van der Waals surface area contributed by atoms with Gasteiger partial charge in [0.25, 0.3) is 6.29 Å². The minimum absolute atomic E-state index is 0.188. The van der Waals surface area contributed by atoms with Crippen molar-refractivity contribution in [2.24, 2.45) is 16.4 Å². The summed E-state index contributed by atoms with van der Waals surface area (Å²) in [6.07, 6.45) is 1.69. The minimum Gasteiger partial charge on any atom is -0.481 e. The Kier molecular flexibility index (Phi) is 9.91. The van der Waals surface area contributed by atoms with Gasteiger partial charge in [0.15, 0.2) is 0 Å². The molecule has 0 aromatic rings. The van der Waals surface area contributed by atoms with E-state index in [-0.39, 0.29) is 18.3 Å². The van der Waals surface area contributed by atoms with Crippen LogP contribution >= 0.6 is 0 Å². The highest BCUT2D eigenvalue weighted by Gasteiger charge is 2.13. The van der Waals surface area contributed by atoms with Gasteiger partial charge >= 0.3 is 11.9 Å². The van der Waals surface area contributed by atoms with Crippen molar-refractivity contribution in [3.8, 4) is 0 Å². The van der Waals surface area contributed by atoms with Gasteiger partial charge < -0.3 is 14.7 Å². The molecule has 0 aliphatic heterocycles. The quantitative estimate of drug-likeness (QED) is 0.207. The average molecular weight is 303 g/mol. The van der Waals surface area contributed by atoms with E-state index in [4.69, 9.17) is 14.7 Å². The molecule has 0 saturated carbocycles. The third-order valence-corrected chi connectivity index (χ3v) is 2.51. The first-order valence-electron chi connectivity index (χ1n) is 7.03. The molecular weight excluding hydrogens is 278 g/mol. The number of unbranched alkanes of at least 4 members (excludes halogenated alkanes) is 2. The van der Waals surface area contributed by atoms with Crippen molar-refractivity contribution >= 4 is 11.9 Å². The molecule has 0 aliphatic rings. The number of rotatable bonds is 11. The summed E-state index contributed by atoms with van der Waals surface area (Å²) in [5.74, 6) is -1.35. The number of aliphatic carboxylic acids is 1. The third-order valence-electron chi connectivity index (χ3n) is 2.51. The molecule has 0 aromatic carbocycles. The zero-order chi connectivity index (χ0) is 16.3. The lowest BCUT2D eigenvalue weighted by Gasteiger charge is -2.13.